The van der Waals surface area contributed by atoms with Gasteiger partial charge < -0.3 is 5.32 Å². The van der Waals surface area contributed by atoms with Crippen LogP contribution in [0.4, 0.5) is 5.95 Å². The Morgan fingerprint density at radius 2 is 1.90 bits per heavy atom. The second-order valence-electron chi connectivity index (χ2n) is 4.97. The van der Waals surface area contributed by atoms with Crippen molar-refractivity contribution in [3.63, 3.8) is 0 Å². The summed E-state index contributed by atoms with van der Waals surface area (Å²) in [6, 6.07) is 10.3. The molecule has 0 aliphatic heterocycles. The van der Waals surface area contributed by atoms with E-state index in [0.717, 1.165) is 11.4 Å². The fraction of sp³-hybridized carbons (Fsp3) is 0.267. The molecule has 0 saturated heterocycles. The molecule has 0 amide bonds. The average molecular weight is 267 g/mol. The van der Waals surface area contributed by atoms with E-state index in [9.17, 15) is 0 Å². The molecule has 0 radical (unpaired) electrons. The first-order valence-electron chi connectivity index (χ1n) is 6.63. The Hall–Kier alpha value is -2.43. The van der Waals surface area contributed by atoms with E-state index in [0.29, 0.717) is 18.3 Å². The maximum absolute atomic E-state index is 4.43. The lowest BCUT2D eigenvalue weighted by Gasteiger charge is -2.05. The van der Waals surface area contributed by atoms with Gasteiger partial charge in [0, 0.05) is 17.9 Å². The van der Waals surface area contributed by atoms with Crippen LogP contribution in [0.25, 0.3) is 5.78 Å². The Balaban J connectivity index is 1.85. The zero-order chi connectivity index (χ0) is 14.1. The van der Waals surface area contributed by atoms with Crippen molar-refractivity contribution in [2.24, 2.45) is 0 Å². The van der Waals surface area contributed by atoms with E-state index >= 15 is 0 Å². The normalized spacial score (nSPS) is 10.9. The van der Waals surface area contributed by atoms with Gasteiger partial charge in [0.15, 0.2) is 0 Å². The SMILES string of the molecule is Cc1cc(C)n2nc(NCc3ccccc3C)nc2n1. The molecule has 3 rings (SSSR count). The minimum atomic E-state index is 0.606. The van der Waals surface area contributed by atoms with Crippen molar-refractivity contribution in [1.29, 1.82) is 0 Å². The molecule has 5 nitrogen and oxygen atoms in total. The van der Waals surface area contributed by atoms with E-state index in [1.807, 2.05) is 32.0 Å². The molecule has 3 aromatic rings. The summed E-state index contributed by atoms with van der Waals surface area (Å²) in [6.45, 7) is 6.77. The number of rotatable bonds is 3. The molecule has 2 aromatic heterocycles. The second-order valence-corrected chi connectivity index (χ2v) is 4.97. The van der Waals surface area contributed by atoms with E-state index in [2.05, 4.69) is 39.4 Å². The molecule has 0 atom stereocenters. The van der Waals surface area contributed by atoms with E-state index in [4.69, 9.17) is 0 Å². The van der Waals surface area contributed by atoms with Gasteiger partial charge in [-0.1, -0.05) is 24.3 Å². The second kappa shape index (κ2) is 4.92. The molecule has 5 heteroatoms. The third-order valence-corrected chi connectivity index (χ3v) is 3.32. The molecule has 0 spiro atoms. The Morgan fingerprint density at radius 1 is 1.10 bits per heavy atom. The van der Waals surface area contributed by atoms with Crippen LogP contribution >= 0.6 is 0 Å². The monoisotopic (exact) mass is 267 g/mol. The van der Waals surface area contributed by atoms with E-state index in [1.165, 1.54) is 11.1 Å². The van der Waals surface area contributed by atoms with Crippen molar-refractivity contribution in [2.45, 2.75) is 27.3 Å². The number of anilines is 1. The Kier molecular flexibility index (Phi) is 3.10. The van der Waals surface area contributed by atoms with Gasteiger partial charge in [0.05, 0.1) is 0 Å². The van der Waals surface area contributed by atoms with Gasteiger partial charge in [-0.25, -0.2) is 4.98 Å². The van der Waals surface area contributed by atoms with Gasteiger partial charge in [0.25, 0.3) is 5.78 Å². The summed E-state index contributed by atoms with van der Waals surface area (Å²) in [7, 11) is 0. The molecule has 20 heavy (non-hydrogen) atoms. The number of nitrogens with zero attached hydrogens (tertiary/aromatic N) is 4. The van der Waals surface area contributed by atoms with Gasteiger partial charge in [0.1, 0.15) is 0 Å². The quantitative estimate of drug-likeness (QED) is 0.792. The van der Waals surface area contributed by atoms with Crippen LogP contribution in [0.1, 0.15) is 22.5 Å². The summed E-state index contributed by atoms with van der Waals surface area (Å²) in [5.74, 6) is 1.24. The van der Waals surface area contributed by atoms with Crippen LogP contribution in [0.15, 0.2) is 30.3 Å². The molecule has 0 fully saturated rings. The maximum Gasteiger partial charge on any atom is 0.254 e. The highest BCUT2D eigenvalue weighted by Crippen LogP contribution is 2.11. The molecule has 0 unspecified atom stereocenters. The third kappa shape index (κ3) is 2.34. The molecule has 2 heterocycles. The summed E-state index contributed by atoms with van der Waals surface area (Å²) >= 11 is 0. The molecular weight excluding hydrogens is 250 g/mol. The van der Waals surface area contributed by atoms with Crippen LogP contribution in [-0.4, -0.2) is 19.6 Å². The van der Waals surface area contributed by atoms with Gasteiger partial charge in [-0.15, -0.1) is 5.10 Å². The Morgan fingerprint density at radius 3 is 2.70 bits per heavy atom. The minimum absolute atomic E-state index is 0.606. The number of fused-ring (bicyclic) bond motifs is 1. The zero-order valence-corrected chi connectivity index (χ0v) is 11.9. The van der Waals surface area contributed by atoms with Gasteiger partial charge in [-0.3, -0.25) is 0 Å². The lowest BCUT2D eigenvalue weighted by molar-refractivity contribution is 0.882. The van der Waals surface area contributed by atoms with Crippen LogP contribution in [-0.2, 0) is 6.54 Å². The highest BCUT2D eigenvalue weighted by Gasteiger charge is 2.07. The summed E-state index contributed by atoms with van der Waals surface area (Å²) in [4.78, 5) is 8.79. The molecule has 102 valence electrons. The summed E-state index contributed by atoms with van der Waals surface area (Å²) in [5, 5.41) is 7.68. The maximum atomic E-state index is 4.43. The van der Waals surface area contributed by atoms with E-state index in [-0.39, 0.29) is 0 Å². The average Bonchev–Trinajstić information content (AvgIpc) is 2.81. The standard InChI is InChI=1S/C15H17N5/c1-10-6-4-5-7-13(10)9-16-14-18-15-17-11(2)8-12(3)20(15)19-14/h4-8H,9H2,1-3H3,(H,16,19). The van der Waals surface area contributed by atoms with Crippen LogP contribution in [0.3, 0.4) is 0 Å². The number of aromatic nitrogens is 4. The van der Waals surface area contributed by atoms with Gasteiger partial charge in [-0.2, -0.15) is 9.50 Å². The van der Waals surface area contributed by atoms with Crippen molar-refractivity contribution in [3.8, 4) is 0 Å². The summed E-state index contributed by atoms with van der Waals surface area (Å²) in [6.07, 6.45) is 0. The summed E-state index contributed by atoms with van der Waals surface area (Å²) in [5.41, 5.74) is 4.48. The molecule has 1 aromatic carbocycles. The number of hydrogen-bond donors (Lipinski definition) is 1. The van der Waals surface area contributed by atoms with Crippen LogP contribution in [0.5, 0.6) is 0 Å². The number of benzene rings is 1. The van der Waals surface area contributed by atoms with Crippen molar-refractivity contribution >= 4 is 11.7 Å². The molecule has 1 N–H and O–H groups in total. The molecule has 0 bridgehead atoms. The lowest BCUT2D eigenvalue weighted by Crippen LogP contribution is -2.03. The fourth-order valence-electron chi connectivity index (χ4n) is 2.22. The van der Waals surface area contributed by atoms with Crippen molar-refractivity contribution < 1.29 is 0 Å². The predicted octanol–water partition coefficient (Wildman–Crippen LogP) is 2.66. The molecular formula is C15H17N5. The smallest absolute Gasteiger partial charge is 0.254 e. The lowest BCUT2D eigenvalue weighted by atomic mass is 10.1. The van der Waals surface area contributed by atoms with E-state index < -0.39 is 0 Å². The first-order valence-corrected chi connectivity index (χ1v) is 6.63. The minimum Gasteiger partial charge on any atom is -0.349 e. The Labute approximate surface area is 117 Å². The topological polar surface area (TPSA) is 55.1 Å². The van der Waals surface area contributed by atoms with Crippen molar-refractivity contribution in [2.75, 3.05) is 5.32 Å². The van der Waals surface area contributed by atoms with E-state index in [1.54, 1.807) is 4.52 Å². The Bertz CT molecular complexity index is 760. The first kappa shape index (κ1) is 12.6. The van der Waals surface area contributed by atoms with Crippen LogP contribution < -0.4 is 5.32 Å². The molecule has 0 aliphatic carbocycles. The van der Waals surface area contributed by atoms with Gasteiger partial charge in [0.2, 0.25) is 5.95 Å². The fourth-order valence-corrected chi connectivity index (χ4v) is 2.22. The molecule has 0 aliphatic rings. The predicted molar refractivity (Wildman–Crippen MR) is 78.8 cm³/mol. The number of hydrogen-bond acceptors (Lipinski definition) is 4. The van der Waals surface area contributed by atoms with Crippen LogP contribution in [0.2, 0.25) is 0 Å². The first-order chi connectivity index (χ1) is 9.63. The molecule has 0 saturated carbocycles. The van der Waals surface area contributed by atoms with Crippen LogP contribution in [0, 0.1) is 20.8 Å². The van der Waals surface area contributed by atoms with Crippen molar-refractivity contribution in [3.05, 3.63) is 52.8 Å². The zero-order valence-electron chi connectivity index (χ0n) is 11.9. The highest BCUT2D eigenvalue weighted by atomic mass is 15.4. The number of nitrogens with one attached hydrogen (secondary N) is 1. The van der Waals surface area contributed by atoms with Gasteiger partial charge in [-0.05, 0) is 38.0 Å². The van der Waals surface area contributed by atoms with Gasteiger partial charge >= 0.3 is 0 Å². The summed E-state index contributed by atoms with van der Waals surface area (Å²) < 4.78 is 1.76. The third-order valence-electron chi connectivity index (χ3n) is 3.32. The largest absolute Gasteiger partial charge is 0.349 e. The number of aryl methyl sites for hydroxylation is 3. The highest BCUT2D eigenvalue weighted by molar-refractivity contribution is 5.40. The van der Waals surface area contributed by atoms with Crippen molar-refractivity contribution in [1.82, 2.24) is 19.6 Å².